The predicted molar refractivity (Wildman–Crippen MR) is 89.9 cm³/mol. The quantitative estimate of drug-likeness (QED) is 0.755. The summed E-state index contributed by atoms with van der Waals surface area (Å²) in [5, 5.41) is 0. The molecule has 0 radical (unpaired) electrons. The van der Waals surface area contributed by atoms with Crippen LogP contribution in [-0.4, -0.2) is 30.1 Å². The highest BCUT2D eigenvalue weighted by molar-refractivity contribution is 4.93. The van der Waals surface area contributed by atoms with Crippen molar-refractivity contribution in [3.05, 3.63) is 0 Å². The van der Waals surface area contributed by atoms with E-state index in [0.717, 1.165) is 11.8 Å². The third kappa shape index (κ3) is 6.13. The molecule has 0 heterocycles. The van der Waals surface area contributed by atoms with Crippen LogP contribution in [0.15, 0.2) is 0 Å². The molecule has 0 spiro atoms. The molecule has 20 heavy (non-hydrogen) atoms. The third-order valence-corrected chi connectivity index (χ3v) is 4.87. The number of rotatable bonds is 7. The van der Waals surface area contributed by atoms with Crippen molar-refractivity contribution in [3.63, 3.8) is 0 Å². The summed E-state index contributed by atoms with van der Waals surface area (Å²) < 4.78 is 0. The third-order valence-electron chi connectivity index (χ3n) is 4.87. The number of nitrogens with two attached hydrogens (primary N) is 1. The molecule has 0 aromatic carbocycles. The van der Waals surface area contributed by atoms with Gasteiger partial charge in [-0.05, 0) is 62.4 Å². The van der Waals surface area contributed by atoms with Crippen LogP contribution in [0.3, 0.4) is 0 Å². The van der Waals surface area contributed by atoms with Crippen LogP contribution in [0.5, 0.6) is 0 Å². The zero-order chi connectivity index (χ0) is 15.3. The Morgan fingerprint density at radius 3 is 2.00 bits per heavy atom. The van der Waals surface area contributed by atoms with Crippen molar-refractivity contribution in [2.75, 3.05) is 13.1 Å². The Bertz CT molecular complexity index is 259. The summed E-state index contributed by atoms with van der Waals surface area (Å²) in [6.07, 6.45) is 6.33. The Morgan fingerprint density at radius 1 is 1.05 bits per heavy atom. The fourth-order valence-corrected chi connectivity index (χ4v) is 3.26. The average Bonchev–Trinajstić information content (AvgIpc) is 2.32. The minimum atomic E-state index is 0.377. The van der Waals surface area contributed by atoms with Crippen molar-refractivity contribution >= 4 is 0 Å². The summed E-state index contributed by atoms with van der Waals surface area (Å²) in [6.45, 7) is 16.6. The van der Waals surface area contributed by atoms with E-state index in [1.807, 2.05) is 0 Å². The Morgan fingerprint density at radius 2 is 1.55 bits per heavy atom. The van der Waals surface area contributed by atoms with Crippen molar-refractivity contribution in [2.24, 2.45) is 23.0 Å². The summed E-state index contributed by atoms with van der Waals surface area (Å²) >= 11 is 0. The first-order chi connectivity index (χ1) is 9.21. The normalized spacial score (nSPS) is 26.7. The van der Waals surface area contributed by atoms with Gasteiger partial charge in [-0.15, -0.1) is 0 Å². The molecular formula is C18H38N2. The second-order valence-corrected chi connectivity index (χ2v) is 8.54. The average molecular weight is 283 g/mol. The van der Waals surface area contributed by atoms with Gasteiger partial charge in [-0.1, -0.05) is 41.5 Å². The lowest BCUT2D eigenvalue weighted by Gasteiger charge is -2.45. The van der Waals surface area contributed by atoms with Crippen molar-refractivity contribution < 1.29 is 0 Å². The van der Waals surface area contributed by atoms with E-state index in [4.69, 9.17) is 5.73 Å². The van der Waals surface area contributed by atoms with Crippen LogP contribution >= 0.6 is 0 Å². The first-order valence-electron chi connectivity index (χ1n) is 8.71. The van der Waals surface area contributed by atoms with Crippen molar-refractivity contribution in [1.29, 1.82) is 0 Å². The van der Waals surface area contributed by atoms with Crippen LogP contribution in [0.4, 0.5) is 0 Å². The molecule has 2 nitrogen and oxygen atoms in total. The lowest BCUT2D eigenvalue weighted by molar-refractivity contribution is 0.0708. The van der Waals surface area contributed by atoms with Gasteiger partial charge in [-0.25, -0.2) is 0 Å². The van der Waals surface area contributed by atoms with Gasteiger partial charge in [0.2, 0.25) is 0 Å². The van der Waals surface area contributed by atoms with E-state index in [1.165, 1.54) is 45.2 Å². The molecule has 1 saturated carbocycles. The summed E-state index contributed by atoms with van der Waals surface area (Å²) in [7, 11) is 0. The minimum absolute atomic E-state index is 0.377. The maximum Gasteiger partial charge on any atom is 0.0252 e. The largest absolute Gasteiger partial charge is 0.326 e. The molecule has 2 heteroatoms. The van der Waals surface area contributed by atoms with E-state index in [0.29, 0.717) is 17.5 Å². The molecule has 1 fully saturated rings. The first-order valence-corrected chi connectivity index (χ1v) is 8.71. The van der Waals surface area contributed by atoms with E-state index >= 15 is 0 Å². The standard InChI is InChI=1S/C18H38N2/c1-14(2)8-11-20(12-9-15(3)4)17-13-18(5,6)10-7-16(17)19/h14-17H,7-13,19H2,1-6H3. The molecule has 0 aromatic heterocycles. The molecule has 1 aliphatic rings. The molecule has 1 rings (SSSR count). The molecule has 2 atom stereocenters. The van der Waals surface area contributed by atoms with Crippen molar-refractivity contribution in [3.8, 4) is 0 Å². The van der Waals surface area contributed by atoms with E-state index in [9.17, 15) is 0 Å². The fraction of sp³-hybridized carbons (Fsp3) is 1.00. The van der Waals surface area contributed by atoms with E-state index in [-0.39, 0.29) is 0 Å². The highest BCUT2D eigenvalue weighted by Gasteiger charge is 2.36. The zero-order valence-electron chi connectivity index (χ0n) is 14.8. The number of hydrogen-bond donors (Lipinski definition) is 1. The van der Waals surface area contributed by atoms with Gasteiger partial charge in [0.05, 0.1) is 0 Å². The Balaban J connectivity index is 2.67. The number of hydrogen-bond acceptors (Lipinski definition) is 2. The maximum absolute atomic E-state index is 6.47. The van der Waals surface area contributed by atoms with Gasteiger partial charge in [0.1, 0.15) is 0 Å². The van der Waals surface area contributed by atoms with Gasteiger partial charge >= 0.3 is 0 Å². The fourth-order valence-electron chi connectivity index (χ4n) is 3.26. The molecule has 2 N–H and O–H groups in total. The Hall–Kier alpha value is -0.0800. The molecule has 1 aliphatic carbocycles. The van der Waals surface area contributed by atoms with Gasteiger partial charge in [0.15, 0.2) is 0 Å². The molecule has 0 saturated heterocycles. The van der Waals surface area contributed by atoms with Crippen LogP contribution in [0.25, 0.3) is 0 Å². The summed E-state index contributed by atoms with van der Waals surface area (Å²) in [5.41, 5.74) is 6.94. The van der Waals surface area contributed by atoms with E-state index in [2.05, 4.69) is 46.4 Å². The zero-order valence-corrected chi connectivity index (χ0v) is 14.8. The Kier molecular flexibility index (Phi) is 7.00. The van der Waals surface area contributed by atoms with Crippen LogP contribution in [0.2, 0.25) is 0 Å². The summed E-state index contributed by atoms with van der Waals surface area (Å²) in [4.78, 5) is 2.71. The molecule has 0 amide bonds. The van der Waals surface area contributed by atoms with Gasteiger partial charge in [-0.2, -0.15) is 0 Å². The van der Waals surface area contributed by atoms with Crippen LogP contribution in [0, 0.1) is 17.3 Å². The van der Waals surface area contributed by atoms with Crippen molar-refractivity contribution in [1.82, 2.24) is 4.90 Å². The lowest BCUT2D eigenvalue weighted by atomic mass is 9.72. The monoisotopic (exact) mass is 282 g/mol. The first kappa shape index (κ1) is 18.0. The second-order valence-electron chi connectivity index (χ2n) is 8.54. The summed E-state index contributed by atoms with van der Waals surface area (Å²) in [5.74, 6) is 1.56. The van der Waals surface area contributed by atoms with Crippen LogP contribution in [0.1, 0.15) is 73.6 Å². The molecule has 0 bridgehead atoms. The smallest absolute Gasteiger partial charge is 0.0252 e. The van der Waals surface area contributed by atoms with Gasteiger partial charge in [0, 0.05) is 12.1 Å². The SMILES string of the molecule is CC(C)CCN(CCC(C)C)C1CC(C)(C)CCC1N. The Labute approximate surface area is 127 Å². The predicted octanol–water partition coefficient (Wildman–Crippen LogP) is 4.29. The highest BCUT2D eigenvalue weighted by Crippen LogP contribution is 2.37. The minimum Gasteiger partial charge on any atom is -0.326 e. The molecule has 2 unspecified atom stereocenters. The van der Waals surface area contributed by atoms with E-state index < -0.39 is 0 Å². The molecule has 0 aliphatic heterocycles. The highest BCUT2D eigenvalue weighted by atomic mass is 15.2. The van der Waals surface area contributed by atoms with Gasteiger partial charge < -0.3 is 5.73 Å². The topological polar surface area (TPSA) is 29.3 Å². The van der Waals surface area contributed by atoms with Crippen LogP contribution < -0.4 is 5.73 Å². The van der Waals surface area contributed by atoms with Gasteiger partial charge in [-0.3, -0.25) is 4.90 Å². The molecule has 120 valence electrons. The van der Waals surface area contributed by atoms with Crippen molar-refractivity contribution in [2.45, 2.75) is 85.7 Å². The summed E-state index contributed by atoms with van der Waals surface area (Å²) in [6, 6.07) is 0.971. The molecular weight excluding hydrogens is 244 g/mol. The second kappa shape index (κ2) is 7.79. The van der Waals surface area contributed by atoms with Crippen LogP contribution in [-0.2, 0) is 0 Å². The van der Waals surface area contributed by atoms with Gasteiger partial charge in [0.25, 0.3) is 0 Å². The number of nitrogens with zero attached hydrogens (tertiary/aromatic N) is 1. The lowest BCUT2D eigenvalue weighted by Crippen LogP contribution is -2.53. The molecule has 0 aromatic rings. The maximum atomic E-state index is 6.47. The van der Waals surface area contributed by atoms with E-state index in [1.54, 1.807) is 0 Å².